The van der Waals surface area contributed by atoms with Crippen molar-refractivity contribution in [2.24, 2.45) is 5.92 Å². The number of hydrogen-bond donors (Lipinski definition) is 1. The molecule has 0 radical (unpaired) electrons. The van der Waals surface area contributed by atoms with Gasteiger partial charge in [0.05, 0.1) is 0 Å². The summed E-state index contributed by atoms with van der Waals surface area (Å²) in [7, 11) is 2.21. The third-order valence-corrected chi connectivity index (χ3v) is 4.44. The maximum absolute atomic E-state index is 3.65. The van der Waals surface area contributed by atoms with E-state index in [9.17, 15) is 0 Å². The van der Waals surface area contributed by atoms with E-state index in [0.29, 0.717) is 0 Å². The highest BCUT2D eigenvalue weighted by atomic mass is 15.1. The van der Waals surface area contributed by atoms with Gasteiger partial charge < -0.3 is 10.2 Å². The minimum absolute atomic E-state index is 0.761. The summed E-state index contributed by atoms with van der Waals surface area (Å²) >= 11 is 0. The third kappa shape index (κ3) is 3.97. The molecule has 0 spiro atoms. The van der Waals surface area contributed by atoms with Gasteiger partial charge in [-0.15, -0.1) is 0 Å². The van der Waals surface area contributed by atoms with Crippen LogP contribution in [0.15, 0.2) is 24.3 Å². The van der Waals surface area contributed by atoms with Gasteiger partial charge in [-0.05, 0) is 50.8 Å². The lowest BCUT2D eigenvalue weighted by Gasteiger charge is -2.25. The van der Waals surface area contributed by atoms with Crippen molar-refractivity contribution in [3.63, 3.8) is 0 Å². The molecule has 2 rings (SSSR count). The first kappa shape index (κ1) is 14.4. The van der Waals surface area contributed by atoms with Crippen LogP contribution in [0.25, 0.3) is 0 Å². The topological polar surface area (TPSA) is 15.3 Å². The average molecular weight is 260 g/mol. The van der Waals surface area contributed by atoms with Crippen molar-refractivity contribution < 1.29 is 0 Å². The van der Waals surface area contributed by atoms with Crippen LogP contribution in [0.5, 0.6) is 0 Å². The lowest BCUT2D eigenvalue weighted by atomic mass is 9.99. The van der Waals surface area contributed by atoms with Crippen molar-refractivity contribution in [3.05, 3.63) is 29.8 Å². The summed E-state index contributed by atoms with van der Waals surface area (Å²) in [5, 5.41) is 3.65. The zero-order chi connectivity index (χ0) is 13.7. The molecule has 106 valence electrons. The van der Waals surface area contributed by atoms with Crippen molar-refractivity contribution in [1.29, 1.82) is 0 Å². The summed E-state index contributed by atoms with van der Waals surface area (Å²) in [4.78, 5) is 2.39. The molecule has 1 aromatic rings. The summed E-state index contributed by atoms with van der Waals surface area (Å²) in [5.41, 5.74) is 2.67. The first-order valence-electron chi connectivity index (χ1n) is 7.72. The summed E-state index contributed by atoms with van der Waals surface area (Å²) in [5.74, 6) is 0.868. The second kappa shape index (κ2) is 6.95. The molecule has 0 heterocycles. The molecule has 2 nitrogen and oxygen atoms in total. The van der Waals surface area contributed by atoms with Gasteiger partial charge in [0, 0.05) is 25.3 Å². The monoisotopic (exact) mass is 260 g/mol. The molecule has 0 bridgehead atoms. The Morgan fingerprint density at radius 1 is 1.21 bits per heavy atom. The molecule has 1 aliphatic carbocycles. The fraction of sp³-hybridized carbons (Fsp3) is 0.647. The maximum Gasteiger partial charge on any atom is 0.0363 e. The lowest BCUT2D eigenvalue weighted by molar-refractivity contribution is 0.388. The fourth-order valence-electron chi connectivity index (χ4n) is 3.20. The Kier molecular flexibility index (Phi) is 5.26. The molecule has 2 heteroatoms. The van der Waals surface area contributed by atoms with Crippen LogP contribution in [0.3, 0.4) is 0 Å². The summed E-state index contributed by atoms with van der Waals surface area (Å²) in [6, 6.07) is 9.61. The van der Waals surface area contributed by atoms with Crippen LogP contribution < -0.4 is 10.2 Å². The summed E-state index contributed by atoms with van der Waals surface area (Å²) < 4.78 is 0. The first-order valence-corrected chi connectivity index (χ1v) is 7.72. The van der Waals surface area contributed by atoms with Crippen molar-refractivity contribution in [2.75, 3.05) is 25.0 Å². The number of aryl methyl sites for hydroxylation is 1. The Hall–Kier alpha value is -1.02. The van der Waals surface area contributed by atoms with Crippen LogP contribution in [-0.2, 0) is 0 Å². The molecular weight excluding hydrogens is 232 g/mol. The van der Waals surface area contributed by atoms with Crippen LogP contribution >= 0.6 is 0 Å². The molecule has 0 aromatic heterocycles. The standard InChI is InChI=1S/C17H28N2/c1-4-18-17-7-5-6-15(17)12-13-19(3)16-10-8-14(2)9-11-16/h8-11,15,17-18H,4-7,12-13H2,1-3H3. The van der Waals surface area contributed by atoms with Gasteiger partial charge in [0.2, 0.25) is 0 Å². The Balaban J connectivity index is 1.82. The predicted octanol–water partition coefficient (Wildman–Crippen LogP) is 3.60. The second-order valence-corrected chi connectivity index (χ2v) is 5.90. The molecule has 1 fully saturated rings. The molecular formula is C17H28N2. The van der Waals surface area contributed by atoms with Gasteiger partial charge in [-0.3, -0.25) is 0 Å². The van der Waals surface area contributed by atoms with E-state index in [2.05, 4.69) is 55.4 Å². The van der Waals surface area contributed by atoms with Crippen molar-refractivity contribution in [2.45, 2.75) is 45.6 Å². The average Bonchev–Trinajstić information content (AvgIpc) is 2.85. The zero-order valence-corrected chi connectivity index (χ0v) is 12.7. The van der Waals surface area contributed by atoms with Gasteiger partial charge in [-0.2, -0.15) is 0 Å². The Morgan fingerprint density at radius 3 is 2.63 bits per heavy atom. The Morgan fingerprint density at radius 2 is 1.95 bits per heavy atom. The number of hydrogen-bond acceptors (Lipinski definition) is 2. The van der Waals surface area contributed by atoms with Crippen LogP contribution in [0.2, 0.25) is 0 Å². The normalized spacial score (nSPS) is 22.7. The van der Waals surface area contributed by atoms with E-state index in [4.69, 9.17) is 0 Å². The van der Waals surface area contributed by atoms with Crippen LogP contribution in [0.4, 0.5) is 5.69 Å². The van der Waals surface area contributed by atoms with E-state index >= 15 is 0 Å². The van der Waals surface area contributed by atoms with Gasteiger partial charge in [0.15, 0.2) is 0 Å². The van der Waals surface area contributed by atoms with Gasteiger partial charge in [-0.1, -0.05) is 31.0 Å². The molecule has 1 aromatic carbocycles. The maximum atomic E-state index is 3.65. The van der Waals surface area contributed by atoms with Crippen molar-refractivity contribution >= 4 is 5.69 Å². The molecule has 1 N–H and O–H groups in total. The first-order chi connectivity index (χ1) is 9.20. The minimum Gasteiger partial charge on any atom is -0.375 e. The molecule has 0 saturated heterocycles. The van der Waals surface area contributed by atoms with Gasteiger partial charge in [0.1, 0.15) is 0 Å². The highest BCUT2D eigenvalue weighted by Crippen LogP contribution is 2.29. The van der Waals surface area contributed by atoms with Crippen LogP contribution in [0.1, 0.15) is 38.2 Å². The molecule has 0 aliphatic heterocycles. The molecule has 1 saturated carbocycles. The number of rotatable bonds is 6. The van der Waals surface area contributed by atoms with Gasteiger partial charge >= 0.3 is 0 Å². The van der Waals surface area contributed by atoms with E-state index in [0.717, 1.165) is 25.0 Å². The quantitative estimate of drug-likeness (QED) is 0.840. The molecule has 2 atom stereocenters. The number of nitrogens with one attached hydrogen (secondary N) is 1. The van der Waals surface area contributed by atoms with E-state index in [1.165, 1.54) is 36.9 Å². The van der Waals surface area contributed by atoms with E-state index in [1.807, 2.05) is 0 Å². The summed E-state index contributed by atoms with van der Waals surface area (Å²) in [6.45, 7) is 6.63. The zero-order valence-electron chi connectivity index (χ0n) is 12.7. The van der Waals surface area contributed by atoms with Gasteiger partial charge in [-0.25, -0.2) is 0 Å². The molecule has 2 unspecified atom stereocenters. The van der Waals surface area contributed by atoms with Crippen molar-refractivity contribution in [3.8, 4) is 0 Å². The highest BCUT2D eigenvalue weighted by molar-refractivity contribution is 5.46. The fourth-order valence-corrected chi connectivity index (χ4v) is 3.20. The Labute approximate surface area is 118 Å². The smallest absolute Gasteiger partial charge is 0.0363 e. The second-order valence-electron chi connectivity index (χ2n) is 5.90. The number of anilines is 1. The molecule has 0 amide bonds. The van der Waals surface area contributed by atoms with Gasteiger partial charge in [0.25, 0.3) is 0 Å². The minimum atomic E-state index is 0.761. The molecule has 19 heavy (non-hydrogen) atoms. The van der Waals surface area contributed by atoms with Crippen LogP contribution in [0, 0.1) is 12.8 Å². The molecule has 1 aliphatic rings. The number of nitrogens with zero attached hydrogens (tertiary/aromatic N) is 1. The third-order valence-electron chi connectivity index (χ3n) is 4.44. The van der Waals surface area contributed by atoms with Crippen LogP contribution in [-0.4, -0.2) is 26.2 Å². The van der Waals surface area contributed by atoms with Crippen molar-refractivity contribution in [1.82, 2.24) is 5.32 Å². The Bertz CT molecular complexity index is 371. The van der Waals surface area contributed by atoms with E-state index < -0.39 is 0 Å². The number of benzene rings is 1. The predicted molar refractivity (Wildman–Crippen MR) is 83.9 cm³/mol. The highest BCUT2D eigenvalue weighted by Gasteiger charge is 2.26. The lowest BCUT2D eigenvalue weighted by Crippen LogP contribution is -2.34. The SMILES string of the molecule is CCNC1CCCC1CCN(C)c1ccc(C)cc1. The largest absolute Gasteiger partial charge is 0.375 e. The van der Waals surface area contributed by atoms with E-state index in [-0.39, 0.29) is 0 Å². The van der Waals surface area contributed by atoms with E-state index in [1.54, 1.807) is 0 Å². The summed E-state index contributed by atoms with van der Waals surface area (Å²) in [6.07, 6.45) is 5.48.